The summed E-state index contributed by atoms with van der Waals surface area (Å²) in [5.41, 5.74) is 2.02. The highest BCUT2D eigenvalue weighted by atomic mass is 16.5. The van der Waals surface area contributed by atoms with Crippen LogP contribution in [0.2, 0.25) is 0 Å². The van der Waals surface area contributed by atoms with Crippen LogP contribution in [0.1, 0.15) is 18.5 Å². The van der Waals surface area contributed by atoms with Gasteiger partial charge in [-0.2, -0.15) is 10.1 Å². The summed E-state index contributed by atoms with van der Waals surface area (Å²) < 4.78 is 5.21. The maximum Gasteiger partial charge on any atom is 0.249 e. The van der Waals surface area contributed by atoms with Crippen LogP contribution in [0.5, 0.6) is 5.75 Å². The third kappa shape index (κ3) is 3.98. The van der Waals surface area contributed by atoms with E-state index in [1.54, 1.807) is 13.3 Å². The number of ether oxygens (including phenoxy) is 1. The molecule has 2 N–H and O–H groups in total. The van der Waals surface area contributed by atoms with Crippen molar-refractivity contribution in [2.75, 3.05) is 17.7 Å². The minimum absolute atomic E-state index is 0.118. The van der Waals surface area contributed by atoms with Crippen LogP contribution in [0.25, 0.3) is 0 Å². The highest BCUT2D eigenvalue weighted by molar-refractivity contribution is 5.56. The standard InChI is InChI=1S/C18H19N5O/c1-13(14-7-4-3-5-8-14)20-17-12-19-23-18(22-17)21-15-9-6-10-16(11-15)24-2/h3-13H,1-2H3,(H2,20,21,22,23). The molecule has 24 heavy (non-hydrogen) atoms. The molecule has 0 spiro atoms. The zero-order valence-electron chi connectivity index (χ0n) is 13.6. The minimum atomic E-state index is 0.118. The van der Waals surface area contributed by atoms with Crippen molar-refractivity contribution in [2.24, 2.45) is 0 Å². The number of hydrogen-bond acceptors (Lipinski definition) is 6. The molecule has 1 aromatic heterocycles. The molecule has 0 aliphatic rings. The summed E-state index contributed by atoms with van der Waals surface area (Å²) in [5, 5.41) is 14.5. The molecule has 3 aromatic rings. The third-order valence-electron chi connectivity index (χ3n) is 3.55. The van der Waals surface area contributed by atoms with Crippen LogP contribution in [-0.2, 0) is 0 Å². The Balaban J connectivity index is 1.72. The van der Waals surface area contributed by atoms with E-state index in [-0.39, 0.29) is 6.04 Å². The number of aromatic nitrogens is 3. The summed E-state index contributed by atoms with van der Waals surface area (Å²) >= 11 is 0. The van der Waals surface area contributed by atoms with Crippen molar-refractivity contribution in [3.8, 4) is 5.75 Å². The molecule has 6 heteroatoms. The maximum absolute atomic E-state index is 5.21. The van der Waals surface area contributed by atoms with Crippen LogP contribution >= 0.6 is 0 Å². The summed E-state index contributed by atoms with van der Waals surface area (Å²) in [5.74, 6) is 1.85. The van der Waals surface area contributed by atoms with Crippen LogP contribution in [0.4, 0.5) is 17.5 Å². The molecule has 0 amide bonds. The van der Waals surface area contributed by atoms with Crippen molar-refractivity contribution >= 4 is 17.5 Å². The van der Waals surface area contributed by atoms with Crippen LogP contribution in [0, 0.1) is 0 Å². The monoisotopic (exact) mass is 321 g/mol. The SMILES string of the molecule is COc1cccc(Nc2nncc(NC(C)c3ccccc3)n2)c1. The van der Waals surface area contributed by atoms with Gasteiger partial charge in [-0.3, -0.25) is 0 Å². The van der Waals surface area contributed by atoms with Crippen molar-refractivity contribution in [3.63, 3.8) is 0 Å². The summed E-state index contributed by atoms with van der Waals surface area (Å²) in [7, 11) is 1.63. The molecule has 0 aliphatic carbocycles. The molecule has 0 saturated heterocycles. The van der Waals surface area contributed by atoms with Gasteiger partial charge in [-0.15, -0.1) is 5.10 Å². The molecule has 2 aromatic carbocycles. The Morgan fingerprint density at radius 3 is 2.67 bits per heavy atom. The summed E-state index contributed by atoms with van der Waals surface area (Å²) in [6.07, 6.45) is 1.61. The van der Waals surface area contributed by atoms with Crippen LogP contribution in [0.3, 0.4) is 0 Å². The Morgan fingerprint density at radius 2 is 1.88 bits per heavy atom. The number of hydrogen-bond donors (Lipinski definition) is 2. The fraction of sp³-hybridized carbons (Fsp3) is 0.167. The van der Waals surface area contributed by atoms with Gasteiger partial charge in [-0.05, 0) is 24.6 Å². The van der Waals surface area contributed by atoms with E-state index >= 15 is 0 Å². The second kappa shape index (κ2) is 7.41. The summed E-state index contributed by atoms with van der Waals surface area (Å²) in [4.78, 5) is 4.45. The number of nitrogens with zero attached hydrogens (tertiary/aromatic N) is 3. The number of nitrogens with one attached hydrogen (secondary N) is 2. The fourth-order valence-electron chi connectivity index (χ4n) is 2.30. The van der Waals surface area contributed by atoms with Gasteiger partial charge in [-0.1, -0.05) is 36.4 Å². The zero-order chi connectivity index (χ0) is 16.8. The Morgan fingerprint density at radius 1 is 1.04 bits per heavy atom. The second-order valence-corrected chi connectivity index (χ2v) is 5.30. The molecule has 1 unspecified atom stereocenters. The lowest BCUT2D eigenvalue weighted by atomic mass is 10.1. The van der Waals surface area contributed by atoms with Crippen molar-refractivity contribution < 1.29 is 4.74 Å². The number of anilines is 3. The van der Waals surface area contributed by atoms with Crippen molar-refractivity contribution in [1.29, 1.82) is 0 Å². The van der Waals surface area contributed by atoms with E-state index in [4.69, 9.17) is 4.74 Å². The predicted molar refractivity (Wildman–Crippen MR) is 94.6 cm³/mol. The van der Waals surface area contributed by atoms with E-state index in [9.17, 15) is 0 Å². The van der Waals surface area contributed by atoms with Gasteiger partial charge >= 0.3 is 0 Å². The largest absolute Gasteiger partial charge is 0.497 e. The van der Waals surface area contributed by atoms with E-state index in [0.717, 1.165) is 11.4 Å². The van der Waals surface area contributed by atoms with Gasteiger partial charge in [0.2, 0.25) is 5.95 Å². The number of rotatable bonds is 6. The van der Waals surface area contributed by atoms with Crippen molar-refractivity contribution in [3.05, 3.63) is 66.4 Å². The van der Waals surface area contributed by atoms with E-state index in [1.165, 1.54) is 5.56 Å². The molecule has 1 atom stereocenters. The van der Waals surface area contributed by atoms with Crippen molar-refractivity contribution in [1.82, 2.24) is 15.2 Å². The van der Waals surface area contributed by atoms with Crippen LogP contribution in [0.15, 0.2) is 60.8 Å². The molecule has 0 fully saturated rings. The normalized spacial score (nSPS) is 11.6. The molecule has 0 radical (unpaired) electrons. The van der Waals surface area contributed by atoms with E-state index in [0.29, 0.717) is 11.8 Å². The Hall–Kier alpha value is -3.15. The molecular weight excluding hydrogens is 302 g/mol. The minimum Gasteiger partial charge on any atom is -0.497 e. The van der Waals surface area contributed by atoms with Crippen molar-refractivity contribution in [2.45, 2.75) is 13.0 Å². The first-order valence-electron chi connectivity index (χ1n) is 7.67. The second-order valence-electron chi connectivity index (χ2n) is 5.30. The van der Waals surface area contributed by atoms with E-state index in [2.05, 4.69) is 44.9 Å². The number of benzene rings is 2. The molecule has 3 rings (SSSR count). The molecule has 1 heterocycles. The quantitative estimate of drug-likeness (QED) is 0.719. The predicted octanol–water partition coefficient (Wildman–Crippen LogP) is 3.80. The lowest BCUT2D eigenvalue weighted by molar-refractivity contribution is 0.415. The smallest absolute Gasteiger partial charge is 0.249 e. The van der Waals surface area contributed by atoms with E-state index in [1.807, 2.05) is 42.5 Å². The first-order valence-corrected chi connectivity index (χ1v) is 7.67. The molecule has 6 nitrogen and oxygen atoms in total. The average molecular weight is 321 g/mol. The fourth-order valence-corrected chi connectivity index (χ4v) is 2.30. The maximum atomic E-state index is 5.21. The lowest BCUT2D eigenvalue weighted by Crippen LogP contribution is -2.09. The van der Waals surface area contributed by atoms with Gasteiger partial charge in [0.1, 0.15) is 5.75 Å². The van der Waals surface area contributed by atoms with Crippen LogP contribution < -0.4 is 15.4 Å². The topological polar surface area (TPSA) is 72.0 Å². The van der Waals surface area contributed by atoms with Gasteiger partial charge in [0, 0.05) is 17.8 Å². The highest BCUT2D eigenvalue weighted by Crippen LogP contribution is 2.21. The van der Waals surface area contributed by atoms with Gasteiger partial charge in [-0.25, -0.2) is 0 Å². The Labute approximate surface area is 140 Å². The van der Waals surface area contributed by atoms with Gasteiger partial charge in [0.05, 0.1) is 13.3 Å². The first-order chi connectivity index (χ1) is 11.7. The Kier molecular flexibility index (Phi) is 4.86. The molecule has 0 bridgehead atoms. The van der Waals surface area contributed by atoms with Gasteiger partial charge in [0.15, 0.2) is 5.82 Å². The molecular formula is C18H19N5O. The Bertz CT molecular complexity index is 794. The zero-order valence-corrected chi connectivity index (χ0v) is 13.6. The molecule has 0 saturated carbocycles. The summed E-state index contributed by atoms with van der Waals surface area (Å²) in [6.45, 7) is 2.08. The molecule has 122 valence electrons. The third-order valence-corrected chi connectivity index (χ3v) is 3.55. The highest BCUT2D eigenvalue weighted by Gasteiger charge is 2.07. The van der Waals surface area contributed by atoms with Gasteiger partial charge in [0.25, 0.3) is 0 Å². The van der Waals surface area contributed by atoms with Crippen LogP contribution in [-0.4, -0.2) is 22.3 Å². The van der Waals surface area contributed by atoms with Gasteiger partial charge < -0.3 is 15.4 Å². The molecule has 0 aliphatic heterocycles. The summed E-state index contributed by atoms with van der Waals surface area (Å²) in [6, 6.07) is 17.9. The number of methoxy groups -OCH3 is 1. The van der Waals surface area contributed by atoms with E-state index < -0.39 is 0 Å². The average Bonchev–Trinajstić information content (AvgIpc) is 2.63. The lowest BCUT2D eigenvalue weighted by Gasteiger charge is -2.15. The first kappa shape index (κ1) is 15.7.